The molecular weight excluding hydrogens is 320 g/mol. The summed E-state index contributed by atoms with van der Waals surface area (Å²) in [4.78, 5) is 30.6. The van der Waals surface area contributed by atoms with E-state index in [-0.39, 0.29) is 11.5 Å². The van der Waals surface area contributed by atoms with E-state index in [2.05, 4.69) is 20.4 Å². The highest BCUT2D eigenvalue weighted by Gasteiger charge is 2.23. The van der Waals surface area contributed by atoms with Crippen LogP contribution < -0.4 is 10.9 Å². The minimum Gasteiger partial charge on any atom is -0.339 e. The number of nitrogens with zero attached hydrogens (tertiary/aromatic N) is 2. The maximum atomic E-state index is 12.5. The highest BCUT2D eigenvalue weighted by atomic mass is 16.5. The van der Waals surface area contributed by atoms with E-state index in [1.54, 1.807) is 0 Å². The van der Waals surface area contributed by atoms with Crippen LogP contribution in [0, 0.1) is 0 Å². The number of aryl methyl sites for hydroxylation is 1. The second kappa shape index (κ2) is 7.57. The van der Waals surface area contributed by atoms with Gasteiger partial charge in [0.1, 0.15) is 6.04 Å². The molecule has 1 aromatic carbocycles. The number of hydrogen-bond acceptors (Lipinski definition) is 5. The minimum absolute atomic E-state index is 0.265. The number of nitrogens with one attached hydrogen (secondary N) is 2. The molecule has 25 heavy (non-hydrogen) atoms. The highest BCUT2D eigenvalue weighted by Crippen LogP contribution is 2.20. The van der Waals surface area contributed by atoms with Gasteiger partial charge in [0.15, 0.2) is 5.82 Å². The van der Waals surface area contributed by atoms with E-state index in [9.17, 15) is 9.59 Å². The summed E-state index contributed by atoms with van der Waals surface area (Å²) in [5.74, 6) is 0.594. The van der Waals surface area contributed by atoms with Crippen LogP contribution in [0.15, 0.2) is 58.0 Å². The lowest BCUT2D eigenvalue weighted by molar-refractivity contribution is 0.0941. The van der Waals surface area contributed by atoms with Crippen molar-refractivity contribution in [2.45, 2.75) is 25.8 Å². The molecule has 0 saturated heterocycles. The molecule has 2 aromatic heterocycles. The average Bonchev–Trinajstić information content (AvgIpc) is 3.09. The van der Waals surface area contributed by atoms with Crippen LogP contribution in [0.3, 0.4) is 0 Å². The van der Waals surface area contributed by atoms with E-state index in [0.717, 1.165) is 12.0 Å². The normalized spacial score (nSPS) is 11.9. The first-order chi connectivity index (χ1) is 12.2. The monoisotopic (exact) mass is 338 g/mol. The number of H-pyrrole nitrogens is 1. The Bertz CT molecular complexity index is 881. The van der Waals surface area contributed by atoms with Crippen LogP contribution in [-0.2, 0) is 6.42 Å². The van der Waals surface area contributed by atoms with Gasteiger partial charge in [0.25, 0.3) is 5.91 Å². The van der Waals surface area contributed by atoms with E-state index in [4.69, 9.17) is 4.52 Å². The molecule has 3 rings (SSSR count). The number of carbonyl (C=O) groups excluding carboxylic acids is 1. The van der Waals surface area contributed by atoms with Crippen LogP contribution >= 0.6 is 0 Å². The number of benzene rings is 1. The summed E-state index contributed by atoms with van der Waals surface area (Å²) in [6.07, 6.45) is 2.95. The molecule has 2 N–H and O–H groups in total. The molecule has 0 bridgehead atoms. The van der Waals surface area contributed by atoms with E-state index < -0.39 is 6.04 Å². The third-order valence-electron chi connectivity index (χ3n) is 3.66. The van der Waals surface area contributed by atoms with Gasteiger partial charge in [0, 0.05) is 18.7 Å². The van der Waals surface area contributed by atoms with Crippen LogP contribution in [0.2, 0.25) is 0 Å². The van der Waals surface area contributed by atoms with Crippen molar-refractivity contribution in [1.29, 1.82) is 0 Å². The van der Waals surface area contributed by atoms with Crippen molar-refractivity contribution >= 4 is 5.91 Å². The van der Waals surface area contributed by atoms with Crippen molar-refractivity contribution in [2.24, 2.45) is 0 Å². The fourth-order valence-corrected chi connectivity index (χ4v) is 2.41. The van der Waals surface area contributed by atoms with Crippen molar-refractivity contribution in [1.82, 2.24) is 20.4 Å². The molecule has 2 heterocycles. The van der Waals surface area contributed by atoms with Gasteiger partial charge in [-0.25, -0.2) is 0 Å². The largest absolute Gasteiger partial charge is 0.339 e. The van der Waals surface area contributed by atoms with Gasteiger partial charge in [-0.1, -0.05) is 42.4 Å². The van der Waals surface area contributed by atoms with E-state index >= 15 is 0 Å². The quantitative estimate of drug-likeness (QED) is 0.718. The lowest BCUT2D eigenvalue weighted by Gasteiger charge is -2.15. The Morgan fingerprint density at radius 1 is 1.24 bits per heavy atom. The zero-order valence-corrected chi connectivity index (χ0v) is 13.7. The average molecular weight is 338 g/mol. The topological polar surface area (TPSA) is 101 Å². The summed E-state index contributed by atoms with van der Waals surface area (Å²) >= 11 is 0. The molecule has 0 fully saturated rings. The molecule has 1 unspecified atom stereocenters. The minimum atomic E-state index is -0.546. The predicted octanol–water partition coefficient (Wildman–Crippen LogP) is 2.23. The van der Waals surface area contributed by atoms with Crippen LogP contribution in [-0.4, -0.2) is 21.0 Å². The lowest BCUT2D eigenvalue weighted by Crippen LogP contribution is -2.30. The maximum absolute atomic E-state index is 12.5. The zero-order valence-electron chi connectivity index (χ0n) is 13.7. The molecule has 0 aliphatic heterocycles. The number of aromatic nitrogens is 3. The van der Waals surface area contributed by atoms with Gasteiger partial charge in [-0.15, -0.1) is 0 Å². The smallest absolute Gasteiger partial charge is 0.253 e. The summed E-state index contributed by atoms with van der Waals surface area (Å²) in [5, 5.41) is 6.91. The first kappa shape index (κ1) is 16.6. The van der Waals surface area contributed by atoms with E-state index in [1.807, 2.05) is 37.3 Å². The molecule has 0 spiro atoms. The van der Waals surface area contributed by atoms with Crippen LogP contribution in [0.5, 0.6) is 0 Å². The Morgan fingerprint density at radius 3 is 2.72 bits per heavy atom. The molecule has 1 amide bonds. The van der Waals surface area contributed by atoms with Crippen molar-refractivity contribution in [2.75, 3.05) is 0 Å². The number of carbonyl (C=O) groups is 1. The van der Waals surface area contributed by atoms with Gasteiger partial charge < -0.3 is 14.8 Å². The molecule has 0 aliphatic rings. The molecule has 0 radical (unpaired) electrons. The van der Waals surface area contributed by atoms with Crippen molar-refractivity contribution in [3.63, 3.8) is 0 Å². The fraction of sp³-hybridized carbons (Fsp3) is 0.222. The number of amides is 1. The van der Waals surface area contributed by atoms with Crippen LogP contribution in [0.4, 0.5) is 0 Å². The number of rotatable bonds is 6. The van der Waals surface area contributed by atoms with Crippen molar-refractivity contribution in [3.05, 3.63) is 81.9 Å². The Labute approximate surface area is 144 Å². The number of hydrogen-bond donors (Lipinski definition) is 2. The number of pyridine rings is 1. The Hall–Kier alpha value is -3.22. The third kappa shape index (κ3) is 4.00. The number of aromatic amines is 1. The lowest BCUT2D eigenvalue weighted by atomic mass is 10.1. The van der Waals surface area contributed by atoms with Gasteiger partial charge in [-0.2, -0.15) is 4.98 Å². The summed E-state index contributed by atoms with van der Waals surface area (Å²) in [5.41, 5.74) is 0.917. The molecule has 1 atom stereocenters. The van der Waals surface area contributed by atoms with E-state index in [0.29, 0.717) is 23.7 Å². The SMILES string of the molecule is CCCc1nc(C(NC(=O)c2ccc(=O)[nH]c2)c2ccccc2)no1. The fourth-order valence-electron chi connectivity index (χ4n) is 2.41. The summed E-state index contributed by atoms with van der Waals surface area (Å²) in [6.45, 7) is 2.02. The zero-order chi connectivity index (χ0) is 17.6. The first-order valence-electron chi connectivity index (χ1n) is 8.04. The Kier molecular flexibility index (Phi) is 5.03. The van der Waals surface area contributed by atoms with Crippen LogP contribution in [0.1, 0.15) is 47.0 Å². The Morgan fingerprint density at radius 2 is 2.04 bits per heavy atom. The molecule has 0 aliphatic carbocycles. The summed E-state index contributed by atoms with van der Waals surface area (Å²) in [7, 11) is 0. The second-order valence-electron chi connectivity index (χ2n) is 5.56. The van der Waals surface area contributed by atoms with Crippen LogP contribution in [0.25, 0.3) is 0 Å². The molecule has 3 aromatic rings. The predicted molar refractivity (Wildman–Crippen MR) is 91.1 cm³/mol. The summed E-state index contributed by atoms with van der Waals surface area (Å²) in [6, 6.07) is 11.6. The van der Waals surface area contributed by atoms with Gasteiger partial charge in [-0.3, -0.25) is 9.59 Å². The maximum Gasteiger partial charge on any atom is 0.253 e. The van der Waals surface area contributed by atoms with E-state index in [1.165, 1.54) is 18.3 Å². The van der Waals surface area contributed by atoms with Gasteiger partial charge >= 0.3 is 0 Å². The van der Waals surface area contributed by atoms with Crippen molar-refractivity contribution in [3.8, 4) is 0 Å². The van der Waals surface area contributed by atoms with Gasteiger partial charge in [0.2, 0.25) is 11.4 Å². The van der Waals surface area contributed by atoms with Gasteiger partial charge in [0.05, 0.1) is 5.56 Å². The first-order valence-corrected chi connectivity index (χ1v) is 8.04. The highest BCUT2D eigenvalue weighted by molar-refractivity contribution is 5.94. The molecule has 7 heteroatoms. The standard InChI is InChI=1S/C18H18N4O3/c1-2-6-15-20-17(22-25-15)16(12-7-4-3-5-8-12)21-18(24)13-9-10-14(23)19-11-13/h3-5,7-11,16H,2,6H2,1H3,(H,19,23)(H,21,24). The molecule has 7 nitrogen and oxygen atoms in total. The van der Waals surface area contributed by atoms with Gasteiger partial charge in [-0.05, 0) is 18.1 Å². The molecular formula is C18H18N4O3. The second-order valence-corrected chi connectivity index (χ2v) is 5.56. The summed E-state index contributed by atoms with van der Waals surface area (Å²) < 4.78 is 5.25. The Balaban J connectivity index is 1.89. The molecule has 128 valence electrons. The molecule has 0 saturated carbocycles. The third-order valence-corrected chi connectivity index (χ3v) is 3.66. The van der Waals surface area contributed by atoms with Crippen molar-refractivity contribution < 1.29 is 9.32 Å².